The van der Waals surface area contributed by atoms with Crippen molar-refractivity contribution in [3.05, 3.63) is 54.2 Å². The molecule has 1 heterocycles. The van der Waals surface area contributed by atoms with E-state index >= 15 is 0 Å². The zero-order valence-corrected chi connectivity index (χ0v) is 12.9. The normalized spacial score (nSPS) is 10.5. The van der Waals surface area contributed by atoms with Gasteiger partial charge in [-0.05, 0) is 58.2 Å². The molecule has 0 amide bonds. The molecule has 1 aromatic carbocycles. The van der Waals surface area contributed by atoms with Crippen LogP contribution in [0.3, 0.4) is 0 Å². The van der Waals surface area contributed by atoms with Gasteiger partial charge in [-0.25, -0.2) is 0 Å². The van der Waals surface area contributed by atoms with Crippen molar-refractivity contribution < 1.29 is 4.79 Å². The van der Waals surface area contributed by atoms with Crippen LogP contribution >= 0.6 is 45.5 Å². The first-order chi connectivity index (χ1) is 8.08. The van der Waals surface area contributed by atoms with E-state index in [2.05, 4.69) is 22.6 Å². The molecule has 0 spiro atoms. The molecule has 17 heavy (non-hydrogen) atoms. The van der Waals surface area contributed by atoms with Crippen LogP contribution in [0.5, 0.6) is 0 Å². The zero-order chi connectivity index (χ0) is 12.4. The highest BCUT2D eigenvalue weighted by molar-refractivity contribution is 14.1. The Kier molecular flexibility index (Phi) is 4.22. The van der Waals surface area contributed by atoms with Gasteiger partial charge < -0.3 is 0 Å². The van der Waals surface area contributed by atoms with Crippen LogP contribution in [0.25, 0.3) is 0 Å². The molecule has 0 N–H and O–H groups in total. The summed E-state index contributed by atoms with van der Waals surface area (Å²) in [5.74, 6) is 0.0920. The minimum absolute atomic E-state index is 0.0920. The molecule has 0 aliphatic heterocycles. The second kappa shape index (κ2) is 5.50. The molecule has 1 nitrogen and oxygen atoms in total. The Morgan fingerprint density at radius 1 is 1.35 bits per heavy atom. The average Bonchev–Trinajstić information content (AvgIpc) is 2.63. The molecular weight excluding hydrogens is 367 g/mol. The molecular formula is C13H10ClIOS. The number of rotatable bonds is 3. The Morgan fingerprint density at radius 3 is 2.53 bits per heavy atom. The van der Waals surface area contributed by atoms with E-state index in [1.54, 1.807) is 0 Å². The Bertz CT molecular complexity index is 545. The molecule has 1 aromatic heterocycles. The lowest BCUT2D eigenvalue weighted by molar-refractivity contribution is 0.0997. The first kappa shape index (κ1) is 13.1. The number of carbonyl (C=O) groups is 1. The van der Waals surface area contributed by atoms with Crippen LogP contribution in [0.4, 0.5) is 0 Å². The molecule has 2 rings (SSSR count). The van der Waals surface area contributed by atoms with Crippen molar-refractivity contribution in [3.63, 3.8) is 0 Å². The molecule has 0 saturated heterocycles. The second-order valence-corrected chi connectivity index (χ2v) is 6.29. The van der Waals surface area contributed by atoms with Crippen LogP contribution in [0.15, 0.2) is 29.6 Å². The number of carbonyl (C=O) groups excluding carboxylic acids is 1. The van der Waals surface area contributed by atoms with Crippen molar-refractivity contribution in [2.24, 2.45) is 0 Å². The van der Waals surface area contributed by atoms with Crippen molar-refractivity contribution in [2.75, 3.05) is 0 Å². The van der Waals surface area contributed by atoms with E-state index in [9.17, 15) is 4.79 Å². The third-order valence-electron chi connectivity index (χ3n) is 2.43. The highest BCUT2D eigenvalue weighted by Crippen LogP contribution is 2.28. The third kappa shape index (κ3) is 3.09. The Labute approximate surface area is 123 Å². The molecule has 88 valence electrons. The zero-order valence-electron chi connectivity index (χ0n) is 9.17. The van der Waals surface area contributed by atoms with Crippen LogP contribution in [0.2, 0.25) is 5.02 Å². The number of aryl methyl sites for hydroxylation is 1. The third-order valence-corrected chi connectivity index (χ3v) is 4.89. The first-order valence-corrected chi connectivity index (χ1v) is 7.43. The second-order valence-electron chi connectivity index (χ2n) is 3.79. The summed E-state index contributed by atoms with van der Waals surface area (Å²) in [6.07, 6.45) is 0.413. The molecule has 4 heteroatoms. The molecule has 0 aliphatic carbocycles. The van der Waals surface area contributed by atoms with E-state index in [4.69, 9.17) is 11.6 Å². The Hall–Kier alpha value is -0.390. The monoisotopic (exact) mass is 376 g/mol. The van der Waals surface area contributed by atoms with Crippen LogP contribution in [-0.2, 0) is 6.42 Å². The van der Waals surface area contributed by atoms with Gasteiger partial charge in [0.15, 0.2) is 5.78 Å². The van der Waals surface area contributed by atoms with E-state index in [0.29, 0.717) is 16.3 Å². The maximum Gasteiger partial charge on any atom is 0.178 e. The standard InChI is InChI=1S/C13H10ClIOS/c1-8-7-17-13(12(8)14)11(16)6-9-2-4-10(15)5-3-9/h2-5,7H,6H2,1H3. The van der Waals surface area contributed by atoms with Gasteiger partial charge in [-0.1, -0.05) is 23.7 Å². The summed E-state index contributed by atoms with van der Waals surface area (Å²) in [4.78, 5) is 12.7. The van der Waals surface area contributed by atoms with Gasteiger partial charge in [0.05, 0.1) is 9.90 Å². The topological polar surface area (TPSA) is 17.1 Å². The number of halogens is 2. The summed E-state index contributed by atoms with van der Waals surface area (Å²) in [5, 5.41) is 2.52. The van der Waals surface area contributed by atoms with Crippen LogP contribution in [-0.4, -0.2) is 5.78 Å². The van der Waals surface area contributed by atoms with Crippen molar-refractivity contribution in [3.8, 4) is 0 Å². The smallest absolute Gasteiger partial charge is 0.178 e. The van der Waals surface area contributed by atoms with E-state index in [1.807, 2.05) is 36.6 Å². The molecule has 0 unspecified atom stereocenters. The van der Waals surface area contributed by atoms with Gasteiger partial charge >= 0.3 is 0 Å². The summed E-state index contributed by atoms with van der Waals surface area (Å²) >= 11 is 9.75. The maximum atomic E-state index is 12.1. The van der Waals surface area contributed by atoms with Crippen LogP contribution < -0.4 is 0 Å². The fraction of sp³-hybridized carbons (Fsp3) is 0.154. The van der Waals surface area contributed by atoms with Crippen LogP contribution in [0.1, 0.15) is 20.8 Å². The number of Topliss-reactive ketones (excluding diaryl/α,β-unsaturated/α-hetero) is 1. The van der Waals surface area contributed by atoms with Crippen LogP contribution in [0, 0.1) is 10.5 Å². The lowest BCUT2D eigenvalue weighted by atomic mass is 10.1. The van der Waals surface area contributed by atoms with Gasteiger partial charge in [-0.3, -0.25) is 4.79 Å². The molecule has 0 saturated carbocycles. The summed E-state index contributed by atoms with van der Waals surface area (Å²) in [7, 11) is 0. The minimum Gasteiger partial charge on any atom is -0.293 e. The van der Waals surface area contributed by atoms with Crippen molar-refractivity contribution in [1.29, 1.82) is 0 Å². The number of benzene rings is 1. The summed E-state index contributed by atoms with van der Waals surface area (Å²) in [6.45, 7) is 1.92. The predicted molar refractivity (Wildman–Crippen MR) is 81.3 cm³/mol. The van der Waals surface area contributed by atoms with Gasteiger partial charge in [-0.15, -0.1) is 11.3 Å². The highest BCUT2D eigenvalue weighted by atomic mass is 127. The SMILES string of the molecule is Cc1csc(C(=O)Cc2ccc(I)cc2)c1Cl. The molecule has 0 aliphatic rings. The Balaban J connectivity index is 2.17. The van der Waals surface area contributed by atoms with Crippen molar-refractivity contribution in [2.45, 2.75) is 13.3 Å². The fourth-order valence-corrected chi connectivity index (χ4v) is 3.08. The lowest BCUT2D eigenvalue weighted by Gasteiger charge is -2.00. The molecule has 0 bridgehead atoms. The Morgan fingerprint density at radius 2 is 2.00 bits per heavy atom. The van der Waals surface area contributed by atoms with Crippen molar-refractivity contribution >= 4 is 51.3 Å². The average molecular weight is 377 g/mol. The fourth-order valence-electron chi connectivity index (χ4n) is 1.49. The number of ketones is 1. The highest BCUT2D eigenvalue weighted by Gasteiger charge is 2.14. The van der Waals surface area contributed by atoms with E-state index in [0.717, 1.165) is 11.1 Å². The molecule has 0 fully saturated rings. The van der Waals surface area contributed by atoms with Gasteiger partial charge in [0, 0.05) is 9.99 Å². The summed E-state index contributed by atoms with van der Waals surface area (Å²) < 4.78 is 1.17. The maximum absolute atomic E-state index is 12.1. The summed E-state index contributed by atoms with van der Waals surface area (Å²) in [6, 6.07) is 7.97. The largest absolute Gasteiger partial charge is 0.293 e. The first-order valence-electron chi connectivity index (χ1n) is 5.09. The molecule has 2 aromatic rings. The lowest BCUT2D eigenvalue weighted by Crippen LogP contribution is -2.01. The summed E-state index contributed by atoms with van der Waals surface area (Å²) in [5.41, 5.74) is 2.00. The van der Waals surface area contributed by atoms with Gasteiger partial charge in [0.1, 0.15) is 0 Å². The minimum atomic E-state index is 0.0920. The van der Waals surface area contributed by atoms with Gasteiger partial charge in [-0.2, -0.15) is 0 Å². The number of thiophene rings is 1. The quantitative estimate of drug-likeness (QED) is 0.558. The van der Waals surface area contributed by atoms with E-state index in [1.165, 1.54) is 14.9 Å². The number of hydrogen-bond donors (Lipinski definition) is 0. The molecule has 0 atom stereocenters. The number of hydrogen-bond acceptors (Lipinski definition) is 2. The predicted octanol–water partition coefficient (Wildman–Crippen LogP) is 4.74. The van der Waals surface area contributed by atoms with Gasteiger partial charge in [0.2, 0.25) is 0 Å². The van der Waals surface area contributed by atoms with E-state index in [-0.39, 0.29) is 5.78 Å². The van der Waals surface area contributed by atoms with Crippen molar-refractivity contribution in [1.82, 2.24) is 0 Å². The molecule has 0 radical (unpaired) electrons. The van der Waals surface area contributed by atoms with E-state index < -0.39 is 0 Å². The van der Waals surface area contributed by atoms with Gasteiger partial charge in [0.25, 0.3) is 0 Å².